The quantitative estimate of drug-likeness (QED) is 0.842. The number of carbonyl (C=O) groups is 2. The van der Waals surface area contributed by atoms with E-state index in [0.29, 0.717) is 24.5 Å². The van der Waals surface area contributed by atoms with E-state index in [9.17, 15) is 9.59 Å². The van der Waals surface area contributed by atoms with Crippen LogP contribution < -0.4 is 0 Å². The Morgan fingerprint density at radius 2 is 1.88 bits per heavy atom. The third-order valence-corrected chi connectivity index (χ3v) is 5.43. The molecule has 1 aromatic carbocycles. The number of amides is 2. The molecule has 5 nitrogen and oxygen atoms in total. The average molecular weight is 343 g/mol. The molecule has 2 aromatic rings. The van der Waals surface area contributed by atoms with Crippen molar-refractivity contribution in [3.63, 3.8) is 0 Å². The lowest BCUT2D eigenvalue weighted by molar-refractivity contribution is -0.131. The van der Waals surface area contributed by atoms with Crippen LogP contribution in [0.1, 0.15) is 38.9 Å². The van der Waals surface area contributed by atoms with Gasteiger partial charge in [0.15, 0.2) is 0 Å². The minimum atomic E-state index is -0.127. The summed E-state index contributed by atoms with van der Waals surface area (Å²) in [5.41, 5.74) is 1.83. The van der Waals surface area contributed by atoms with E-state index in [0.717, 1.165) is 16.3 Å². The summed E-state index contributed by atoms with van der Waals surface area (Å²) in [5.74, 6) is 0.0583. The van der Waals surface area contributed by atoms with Gasteiger partial charge >= 0.3 is 0 Å². The molecule has 2 amide bonds. The highest BCUT2D eigenvalue weighted by Crippen LogP contribution is 2.29. The zero-order valence-corrected chi connectivity index (χ0v) is 15.0. The molecule has 24 heavy (non-hydrogen) atoms. The third-order valence-electron chi connectivity index (χ3n) is 4.37. The molecule has 126 valence electrons. The molecule has 0 bridgehead atoms. The van der Waals surface area contributed by atoms with Gasteiger partial charge in [0.1, 0.15) is 4.88 Å². The molecule has 0 N–H and O–H groups in total. The Morgan fingerprint density at radius 3 is 2.46 bits per heavy atom. The molecule has 1 aliphatic rings. The number of thiazole rings is 1. The van der Waals surface area contributed by atoms with Crippen LogP contribution in [0.15, 0.2) is 30.3 Å². The molecule has 0 spiro atoms. The maximum Gasteiger partial charge on any atom is 0.266 e. The van der Waals surface area contributed by atoms with Gasteiger partial charge in [-0.05, 0) is 19.4 Å². The van der Waals surface area contributed by atoms with Gasteiger partial charge in [0.05, 0.1) is 16.7 Å². The molecule has 2 heterocycles. The number of benzene rings is 1. The largest absolute Gasteiger partial charge is 0.339 e. The summed E-state index contributed by atoms with van der Waals surface area (Å²) < 4.78 is 0. The van der Waals surface area contributed by atoms with Gasteiger partial charge < -0.3 is 9.80 Å². The van der Waals surface area contributed by atoms with Crippen LogP contribution in [0, 0.1) is 13.8 Å². The second-order valence-electron chi connectivity index (χ2n) is 6.04. The molecule has 6 heteroatoms. The van der Waals surface area contributed by atoms with E-state index >= 15 is 0 Å². The van der Waals surface area contributed by atoms with E-state index in [1.54, 1.807) is 6.92 Å². The van der Waals surface area contributed by atoms with Crippen LogP contribution in [0.5, 0.6) is 0 Å². The Kier molecular flexibility index (Phi) is 4.66. The van der Waals surface area contributed by atoms with Crippen LogP contribution in [0.25, 0.3) is 0 Å². The van der Waals surface area contributed by atoms with Gasteiger partial charge in [-0.1, -0.05) is 30.3 Å². The molecular weight excluding hydrogens is 322 g/mol. The first-order chi connectivity index (χ1) is 11.5. The predicted molar refractivity (Wildman–Crippen MR) is 94.1 cm³/mol. The number of piperazine rings is 1. The van der Waals surface area contributed by atoms with Crippen molar-refractivity contribution in [1.82, 2.24) is 14.8 Å². The van der Waals surface area contributed by atoms with Crippen LogP contribution in [0.3, 0.4) is 0 Å². The minimum Gasteiger partial charge on any atom is -0.339 e. The summed E-state index contributed by atoms with van der Waals surface area (Å²) in [6.07, 6.45) is 0. The maximum atomic E-state index is 13.1. The number of aryl methyl sites for hydroxylation is 2. The van der Waals surface area contributed by atoms with E-state index in [1.165, 1.54) is 11.3 Å². The molecule has 0 aliphatic carbocycles. The Morgan fingerprint density at radius 1 is 1.17 bits per heavy atom. The lowest BCUT2D eigenvalue weighted by Gasteiger charge is -2.41. The van der Waals surface area contributed by atoms with Gasteiger partial charge in [-0.15, -0.1) is 11.3 Å². The van der Waals surface area contributed by atoms with Gasteiger partial charge in [0.25, 0.3) is 5.91 Å². The van der Waals surface area contributed by atoms with Gasteiger partial charge in [-0.25, -0.2) is 4.98 Å². The molecule has 1 unspecified atom stereocenters. The van der Waals surface area contributed by atoms with Crippen LogP contribution in [0.4, 0.5) is 0 Å². The van der Waals surface area contributed by atoms with E-state index in [-0.39, 0.29) is 17.9 Å². The lowest BCUT2D eigenvalue weighted by Crippen LogP contribution is -2.51. The highest BCUT2D eigenvalue weighted by molar-refractivity contribution is 7.13. The SMILES string of the molecule is CC(=O)N1CCN(C(=O)c2sc(C)nc2C)C(c2ccccc2)C1. The van der Waals surface area contributed by atoms with Gasteiger partial charge in [0.2, 0.25) is 5.91 Å². The summed E-state index contributed by atoms with van der Waals surface area (Å²) in [4.78, 5) is 33.6. The highest BCUT2D eigenvalue weighted by atomic mass is 32.1. The van der Waals surface area contributed by atoms with Gasteiger partial charge in [-0.2, -0.15) is 0 Å². The standard InChI is InChI=1S/C18H21N3O2S/c1-12-17(24-13(2)19-12)18(23)21-10-9-20(14(3)22)11-16(21)15-7-5-4-6-8-15/h4-8,16H,9-11H2,1-3H3. The highest BCUT2D eigenvalue weighted by Gasteiger charge is 2.34. The van der Waals surface area contributed by atoms with E-state index in [2.05, 4.69) is 4.98 Å². The van der Waals surface area contributed by atoms with E-state index < -0.39 is 0 Å². The molecular formula is C18H21N3O2S. The minimum absolute atomic E-state index is 0.00940. The van der Waals surface area contributed by atoms with Crippen molar-refractivity contribution in [2.75, 3.05) is 19.6 Å². The van der Waals surface area contributed by atoms with Crippen molar-refractivity contribution in [3.8, 4) is 0 Å². The van der Waals surface area contributed by atoms with Crippen LogP contribution >= 0.6 is 11.3 Å². The van der Waals surface area contributed by atoms with Crippen LogP contribution in [-0.4, -0.2) is 46.2 Å². The van der Waals surface area contributed by atoms with Crippen molar-refractivity contribution >= 4 is 23.2 Å². The fourth-order valence-corrected chi connectivity index (χ4v) is 4.01. The summed E-state index contributed by atoms with van der Waals surface area (Å²) in [7, 11) is 0. The molecule has 3 rings (SSSR count). The summed E-state index contributed by atoms with van der Waals surface area (Å²) in [5, 5.41) is 0.898. The zero-order valence-electron chi connectivity index (χ0n) is 14.2. The Balaban J connectivity index is 1.94. The molecule has 1 atom stereocenters. The Hall–Kier alpha value is -2.21. The Labute approximate surface area is 145 Å². The number of aromatic nitrogens is 1. The second kappa shape index (κ2) is 6.73. The first kappa shape index (κ1) is 16.6. The molecule has 0 saturated carbocycles. The smallest absolute Gasteiger partial charge is 0.266 e. The molecule has 1 aliphatic heterocycles. The first-order valence-corrected chi connectivity index (χ1v) is 8.84. The molecule has 0 radical (unpaired) electrons. The van der Waals surface area contributed by atoms with Crippen LogP contribution in [0.2, 0.25) is 0 Å². The summed E-state index contributed by atoms with van der Waals surface area (Å²) in [6.45, 7) is 7.00. The van der Waals surface area contributed by atoms with Crippen molar-refractivity contribution in [1.29, 1.82) is 0 Å². The van der Waals surface area contributed by atoms with Crippen molar-refractivity contribution in [3.05, 3.63) is 51.5 Å². The number of carbonyl (C=O) groups excluding carboxylic acids is 2. The van der Waals surface area contributed by atoms with Crippen LogP contribution in [-0.2, 0) is 4.79 Å². The lowest BCUT2D eigenvalue weighted by atomic mass is 10.0. The fraction of sp³-hybridized carbons (Fsp3) is 0.389. The predicted octanol–water partition coefficient (Wildman–Crippen LogP) is 2.81. The van der Waals surface area contributed by atoms with Crippen molar-refractivity contribution in [2.24, 2.45) is 0 Å². The number of hydrogen-bond acceptors (Lipinski definition) is 4. The maximum absolute atomic E-state index is 13.1. The summed E-state index contributed by atoms with van der Waals surface area (Å²) >= 11 is 1.44. The zero-order chi connectivity index (χ0) is 17.3. The van der Waals surface area contributed by atoms with E-state index in [1.807, 2.05) is 54.0 Å². The van der Waals surface area contributed by atoms with Gasteiger partial charge in [0, 0.05) is 26.6 Å². The topological polar surface area (TPSA) is 53.5 Å². The summed E-state index contributed by atoms with van der Waals surface area (Å²) in [6, 6.07) is 9.79. The number of rotatable bonds is 2. The number of nitrogens with zero attached hydrogens (tertiary/aromatic N) is 3. The Bertz CT molecular complexity index is 757. The molecule has 1 fully saturated rings. The average Bonchev–Trinajstić information content (AvgIpc) is 2.92. The van der Waals surface area contributed by atoms with Gasteiger partial charge in [-0.3, -0.25) is 9.59 Å². The van der Waals surface area contributed by atoms with E-state index in [4.69, 9.17) is 0 Å². The normalized spacial score (nSPS) is 17.9. The first-order valence-electron chi connectivity index (χ1n) is 8.03. The second-order valence-corrected chi connectivity index (χ2v) is 7.24. The molecule has 1 aromatic heterocycles. The fourth-order valence-electron chi connectivity index (χ4n) is 3.13. The monoisotopic (exact) mass is 343 g/mol. The number of hydrogen-bond donors (Lipinski definition) is 0. The van der Waals surface area contributed by atoms with Crippen molar-refractivity contribution in [2.45, 2.75) is 26.8 Å². The molecule has 1 saturated heterocycles. The third kappa shape index (κ3) is 3.19. The van der Waals surface area contributed by atoms with Crippen molar-refractivity contribution < 1.29 is 9.59 Å².